The Morgan fingerprint density at radius 1 is 1.60 bits per heavy atom. The fraction of sp³-hybridized carbons (Fsp3) is 0.333. The third-order valence-corrected chi connectivity index (χ3v) is 2.09. The molecule has 0 spiro atoms. The van der Waals surface area contributed by atoms with E-state index < -0.39 is 18.2 Å². The third kappa shape index (κ3) is 2.86. The van der Waals surface area contributed by atoms with Crippen LogP contribution in [0.15, 0.2) is 12.3 Å². The monoisotopic (exact) mass is 230 g/mol. The minimum Gasteiger partial charge on any atom is -0.389 e. The molecular weight excluding hydrogens is 223 g/mol. The number of nitrogens with zero attached hydrogens (tertiary/aromatic N) is 2. The number of halogens is 2. The Morgan fingerprint density at radius 3 is 2.80 bits per heavy atom. The molecular formula is C9H8ClFN2O2. The van der Waals surface area contributed by atoms with Gasteiger partial charge in [-0.05, 0) is 6.07 Å². The molecule has 2 atom stereocenters. The summed E-state index contributed by atoms with van der Waals surface area (Å²) in [4.78, 5) is 3.29. The minimum absolute atomic E-state index is 0.171. The maximum Gasteiger partial charge on any atom is 0.231 e. The van der Waals surface area contributed by atoms with Gasteiger partial charge in [0, 0.05) is 11.8 Å². The Hall–Kier alpha value is -1.22. The average Bonchev–Trinajstić information content (AvgIpc) is 2.21. The van der Waals surface area contributed by atoms with E-state index in [1.807, 2.05) is 0 Å². The molecule has 6 heteroatoms. The van der Waals surface area contributed by atoms with Crippen molar-refractivity contribution in [1.29, 1.82) is 5.26 Å². The normalized spacial score (nSPS) is 14.3. The number of nitriles is 1. The summed E-state index contributed by atoms with van der Waals surface area (Å²) in [7, 11) is 0. The van der Waals surface area contributed by atoms with Crippen LogP contribution < -0.4 is 0 Å². The molecule has 1 heterocycles. The smallest absolute Gasteiger partial charge is 0.231 e. The van der Waals surface area contributed by atoms with Gasteiger partial charge in [0.2, 0.25) is 5.95 Å². The lowest BCUT2D eigenvalue weighted by Crippen LogP contribution is -2.17. The van der Waals surface area contributed by atoms with Gasteiger partial charge in [0.1, 0.15) is 6.10 Å². The largest absolute Gasteiger partial charge is 0.389 e. The lowest BCUT2D eigenvalue weighted by Gasteiger charge is -2.15. The summed E-state index contributed by atoms with van der Waals surface area (Å²) in [5, 5.41) is 26.9. The summed E-state index contributed by atoms with van der Waals surface area (Å²) in [6.07, 6.45) is -1.70. The second kappa shape index (κ2) is 5.03. The van der Waals surface area contributed by atoms with E-state index in [2.05, 4.69) is 4.98 Å². The first-order valence-electron chi connectivity index (χ1n) is 4.10. The van der Waals surface area contributed by atoms with Crippen molar-refractivity contribution in [2.75, 3.05) is 0 Å². The molecule has 1 aromatic rings. The summed E-state index contributed by atoms with van der Waals surface area (Å²) in [5.74, 6) is -0.845. The van der Waals surface area contributed by atoms with Crippen molar-refractivity contribution >= 4 is 11.6 Å². The third-order valence-electron chi connectivity index (χ3n) is 1.82. The Morgan fingerprint density at radius 2 is 2.27 bits per heavy atom. The number of hydrogen-bond acceptors (Lipinski definition) is 4. The van der Waals surface area contributed by atoms with Crippen molar-refractivity contribution in [2.24, 2.45) is 0 Å². The van der Waals surface area contributed by atoms with Crippen molar-refractivity contribution in [1.82, 2.24) is 4.98 Å². The zero-order valence-electron chi connectivity index (χ0n) is 7.56. The van der Waals surface area contributed by atoms with Crippen LogP contribution in [0.25, 0.3) is 0 Å². The van der Waals surface area contributed by atoms with Crippen molar-refractivity contribution in [2.45, 2.75) is 18.6 Å². The SMILES string of the molecule is N#CCC(O)C(O)c1cnc(F)c(Cl)c1. The lowest BCUT2D eigenvalue weighted by atomic mass is 10.0. The standard InChI is InChI=1S/C9H8ClFN2O2/c10-6-3-5(4-13-9(6)11)8(15)7(14)1-2-12/h3-4,7-8,14-15H,1H2. The molecule has 1 rings (SSSR count). The summed E-state index contributed by atoms with van der Waals surface area (Å²) >= 11 is 5.44. The van der Waals surface area contributed by atoms with Gasteiger partial charge in [-0.3, -0.25) is 0 Å². The number of rotatable bonds is 3. The Balaban J connectivity index is 2.87. The Kier molecular flexibility index (Phi) is 3.97. The van der Waals surface area contributed by atoms with Crippen LogP contribution in [0.2, 0.25) is 5.02 Å². The van der Waals surface area contributed by atoms with Crippen LogP contribution in [0, 0.1) is 17.3 Å². The van der Waals surface area contributed by atoms with Crippen molar-refractivity contribution < 1.29 is 14.6 Å². The summed E-state index contributed by atoms with van der Waals surface area (Å²) in [5.41, 5.74) is 0.171. The molecule has 0 saturated carbocycles. The number of hydrogen-bond donors (Lipinski definition) is 2. The van der Waals surface area contributed by atoms with Crippen LogP contribution in [-0.2, 0) is 0 Å². The predicted octanol–water partition coefficient (Wildman–Crippen LogP) is 1.18. The maximum atomic E-state index is 12.7. The fourth-order valence-electron chi connectivity index (χ4n) is 1.03. The average molecular weight is 231 g/mol. The first-order valence-corrected chi connectivity index (χ1v) is 4.48. The van der Waals surface area contributed by atoms with Crippen molar-refractivity contribution in [3.8, 4) is 6.07 Å². The zero-order chi connectivity index (χ0) is 11.4. The van der Waals surface area contributed by atoms with E-state index in [4.69, 9.17) is 16.9 Å². The van der Waals surface area contributed by atoms with Gasteiger partial charge in [-0.1, -0.05) is 11.6 Å². The van der Waals surface area contributed by atoms with Gasteiger partial charge in [0.15, 0.2) is 0 Å². The van der Waals surface area contributed by atoms with Crippen LogP contribution in [0.3, 0.4) is 0 Å². The quantitative estimate of drug-likeness (QED) is 0.765. The summed E-state index contributed by atoms with van der Waals surface area (Å²) in [6, 6.07) is 2.87. The van der Waals surface area contributed by atoms with Crippen molar-refractivity contribution in [3.05, 3.63) is 28.8 Å². The van der Waals surface area contributed by atoms with Crippen LogP contribution in [-0.4, -0.2) is 21.3 Å². The van der Waals surface area contributed by atoms with Gasteiger partial charge < -0.3 is 10.2 Å². The number of pyridine rings is 1. The molecule has 4 nitrogen and oxygen atoms in total. The molecule has 0 aromatic carbocycles. The van der Waals surface area contributed by atoms with Gasteiger partial charge in [-0.25, -0.2) is 4.98 Å². The fourth-order valence-corrected chi connectivity index (χ4v) is 1.20. The van der Waals surface area contributed by atoms with Gasteiger partial charge in [-0.2, -0.15) is 9.65 Å². The number of aliphatic hydroxyl groups excluding tert-OH is 2. The summed E-state index contributed by atoms with van der Waals surface area (Å²) < 4.78 is 12.7. The predicted molar refractivity (Wildman–Crippen MR) is 50.4 cm³/mol. The molecule has 0 radical (unpaired) electrons. The molecule has 15 heavy (non-hydrogen) atoms. The van der Waals surface area contributed by atoms with E-state index >= 15 is 0 Å². The molecule has 0 fully saturated rings. The van der Waals surface area contributed by atoms with Gasteiger partial charge >= 0.3 is 0 Å². The Labute approximate surface area is 90.6 Å². The first-order chi connectivity index (χ1) is 7.06. The van der Waals surface area contributed by atoms with E-state index in [9.17, 15) is 14.6 Å². The molecule has 1 aromatic heterocycles. The van der Waals surface area contributed by atoms with Crippen molar-refractivity contribution in [3.63, 3.8) is 0 Å². The molecule has 0 aliphatic carbocycles. The van der Waals surface area contributed by atoms with Crippen LogP contribution in [0.1, 0.15) is 18.1 Å². The molecule has 0 saturated heterocycles. The number of aromatic nitrogens is 1. The highest BCUT2D eigenvalue weighted by molar-refractivity contribution is 6.30. The van der Waals surface area contributed by atoms with Crippen LogP contribution in [0.5, 0.6) is 0 Å². The van der Waals surface area contributed by atoms with E-state index in [0.717, 1.165) is 12.3 Å². The first kappa shape index (κ1) is 11.9. The van der Waals surface area contributed by atoms with Crippen LogP contribution >= 0.6 is 11.6 Å². The molecule has 0 aliphatic rings. The van der Waals surface area contributed by atoms with E-state index in [-0.39, 0.29) is 17.0 Å². The second-order valence-corrected chi connectivity index (χ2v) is 3.32. The summed E-state index contributed by atoms with van der Waals surface area (Å²) in [6.45, 7) is 0. The topological polar surface area (TPSA) is 77.1 Å². The van der Waals surface area contributed by atoms with Gasteiger partial charge in [0.05, 0.1) is 23.6 Å². The Bertz CT molecular complexity index is 394. The highest BCUT2D eigenvalue weighted by Crippen LogP contribution is 2.22. The second-order valence-electron chi connectivity index (χ2n) is 2.92. The molecule has 80 valence electrons. The van der Waals surface area contributed by atoms with E-state index in [1.54, 1.807) is 6.07 Å². The minimum atomic E-state index is -1.30. The van der Waals surface area contributed by atoms with Crippen LogP contribution in [0.4, 0.5) is 4.39 Å². The molecule has 0 amide bonds. The van der Waals surface area contributed by atoms with Gasteiger partial charge in [0.25, 0.3) is 0 Å². The molecule has 0 bridgehead atoms. The highest BCUT2D eigenvalue weighted by Gasteiger charge is 2.19. The number of aliphatic hydroxyl groups is 2. The zero-order valence-corrected chi connectivity index (χ0v) is 8.32. The lowest BCUT2D eigenvalue weighted by molar-refractivity contribution is 0.0213. The van der Waals surface area contributed by atoms with E-state index in [1.165, 1.54) is 0 Å². The molecule has 0 aliphatic heterocycles. The molecule has 2 N–H and O–H groups in total. The molecule has 2 unspecified atom stereocenters. The van der Waals surface area contributed by atoms with Gasteiger partial charge in [-0.15, -0.1) is 0 Å². The highest BCUT2D eigenvalue weighted by atomic mass is 35.5. The van der Waals surface area contributed by atoms with E-state index in [0.29, 0.717) is 0 Å². The maximum absolute atomic E-state index is 12.7.